The predicted molar refractivity (Wildman–Crippen MR) is 75.8 cm³/mol. The summed E-state index contributed by atoms with van der Waals surface area (Å²) in [6.45, 7) is 3.89. The Hall–Kier alpha value is -0.680. The van der Waals surface area contributed by atoms with Gasteiger partial charge in [-0.2, -0.15) is 0 Å². The Kier molecular flexibility index (Phi) is 4.22. The first-order valence-corrected chi connectivity index (χ1v) is 8.18. The van der Waals surface area contributed by atoms with E-state index in [4.69, 9.17) is 11.6 Å². The second-order valence-corrected chi connectivity index (χ2v) is 6.74. The lowest BCUT2D eigenvalue weighted by atomic mass is 10.3. The molecular formula is C12H18ClN3OS. The minimum Gasteiger partial charge on any atom is -0.366 e. The lowest BCUT2D eigenvalue weighted by Gasteiger charge is -2.16. The van der Waals surface area contributed by atoms with Crippen LogP contribution in [0.15, 0.2) is 0 Å². The van der Waals surface area contributed by atoms with Gasteiger partial charge in [0.2, 0.25) is 0 Å². The summed E-state index contributed by atoms with van der Waals surface area (Å²) >= 11 is 6.13. The fraction of sp³-hybridized carbons (Fsp3) is 0.667. The number of hydrogen-bond acceptors (Lipinski definition) is 4. The van der Waals surface area contributed by atoms with E-state index in [2.05, 4.69) is 15.3 Å². The van der Waals surface area contributed by atoms with Crippen LogP contribution >= 0.6 is 11.6 Å². The number of halogens is 1. The van der Waals surface area contributed by atoms with E-state index in [-0.39, 0.29) is 6.04 Å². The zero-order chi connectivity index (χ0) is 13.3. The van der Waals surface area contributed by atoms with Gasteiger partial charge in [0.05, 0.1) is 0 Å². The van der Waals surface area contributed by atoms with Gasteiger partial charge in [0.15, 0.2) is 0 Å². The minimum absolute atomic E-state index is 0.104. The molecule has 2 rings (SSSR count). The lowest BCUT2D eigenvalue weighted by Crippen LogP contribution is -2.24. The third-order valence-corrected chi connectivity index (χ3v) is 4.25. The van der Waals surface area contributed by atoms with Crippen LogP contribution < -0.4 is 5.32 Å². The molecule has 2 atom stereocenters. The van der Waals surface area contributed by atoms with Crippen LogP contribution in [0.25, 0.3) is 0 Å². The number of nitrogens with zero attached hydrogens (tertiary/aromatic N) is 2. The summed E-state index contributed by atoms with van der Waals surface area (Å²) < 4.78 is 11.2. The van der Waals surface area contributed by atoms with E-state index < -0.39 is 10.8 Å². The van der Waals surface area contributed by atoms with Crippen LogP contribution in [0.5, 0.6) is 0 Å². The summed E-state index contributed by atoms with van der Waals surface area (Å²) in [6.07, 6.45) is 3.99. The van der Waals surface area contributed by atoms with E-state index in [0.29, 0.717) is 16.8 Å². The Morgan fingerprint density at radius 3 is 2.72 bits per heavy atom. The molecule has 0 radical (unpaired) electrons. The molecule has 0 saturated heterocycles. The third kappa shape index (κ3) is 3.42. The molecule has 6 heteroatoms. The quantitative estimate of drug-likeness (QED) is 0.846. The molecule has 1 aromatic rings. The molecule has 0 aromatic carbocycles. The molecule has 18 heavy (non-hydrogen) atoms. The Labute approximate surface area is 115 Å². The van der Waals surface area contributed by atoms with Crippen molar-refractivity contribution in [2.45, 2.75) is 38.6 Å². The van der Waals surface area contributed by atoms with Crippen molar-refractivity contribution >= 4 is 28.2 Å². The summed E-state index contributed by atoms with van der Waals surface area (Å²) in [4.78, 5) is 8.85. The molecule has 1 aromatic heterocycles. The molecule has 0 bridgehead atoms. The first-order valence-electron chi connectivity index (χ1n) is 6.08. The largest absolute Gasteiger partial charge is 0.366 e. The molecule has 1 N–H and O–H groups in total. The summed E-state index contributed by atoms with van der Waals surface area (Å²) in [6, 6.07) is 0.104. The van der Waals surface area contributed by atoms with E-state index in [1.54, 1.807) is 6.26 Å². The van der Waals surface area contributed by atoms with E-state index in [9.17, 15) is 4.21 Å². The summed E-state index contributed by atoms with van der Waals surface area (Å²) in [5, 5.41) is 3.79. The number of nitrogens with one attached hydrogen (secondary N) is 1. The maximum atomic E-state index is 11.2. The van der Waals surface area contributed by atoms with Gasteiger partial charge >= 0.3 is 0 Å². The summed E-state index contributed by atoms with van der Waals surface area (Å²) in [5.41, 5.74) is 0.856. The van der Waals surface area contributed by atoms with Crippen molar-refractivity contribution in [3.63, 3.8) is 0 Å². The van der Waals surface area contributed by atoms with Crippen molar-refractivity contribution in [3.05, 3.63) is 16.5 Å². The molecule has 1 fully saturated rings. The Balaban J connectivity index is 2.17. The smallest absolute Gasteiger partial charge is 0.137 e. The van der Waals surface area contributed by atoms with Crippen molar-refractivity contribution in [1.29, 1.82) is 0 Å². The maximum Gasteiger partial charge on any atom is 0.137 e. The first-order chi connectivity index (χ1) is 8.47. The zero-order valence-corrected chi connectivity index (χ0v) is 12.4. The molecule has 1 aliphatic carbocycles. The number of anilines is 1. The molecule has 4 nitrogen and oxygen atoms in total. The van der Waals surface area contributed by atoms with Gasteiger partial charge < -0.3 is 5.32 Å². The zero-order valence-electron chi connectivity index (χ0n) is 10.9. The maximum absolute atomic E-state index is 11.2. The van der Waals surface area contributed by atoms with Gasteiger partial charge in [-0.05, 0) is 26.7 Å². The summed E-state index contributed by atoms with van der Waals surface area (Å²) in [7, 11) is -0.822. The monoisotopic (exact) mass is 287 g/mol. The van der Waals surface area contributed by atoms with Crippen LogP contribution in [-0.2, 0) is 10.8 Å². The van der Waals surface area contributed by atoms with Crippen LogP contribution in [-0.4, -0.2) is 32.2 Å². The van der Waals surface area contributed by atoms with Crippen molar-refractivity contribution in [3.8, 4) is 0 Å². The highest BCUT2D eigenvalue weighted by atomic mass is 35.5. The van der Waals surface area contributed by atoms with Crippen molar-refractivity contribution in [2.75, 3.05) is 17.3 Å². The molecule has 2 unspecified atom stereocenters. The fourth-order valence-electron chi connectivity index (χ4n) is 1.80. The second kappa shape index (κ2) is 5.53. The third-order valence-electron chi connectivity index (χ3n) is 2.91. The van der Waals surface area contributed by atoms with Gasteiger partial charge in [-0.15, -0.1) is 0 Å². The van der Waals surface area contributed by atoms with Gasteiger partial charge in [-0.25, -0.2) is 9.97 Å². The van der Waals surface area contributed by atoms with Gasteiger partial charge in [-0.3, -0.25) is 4.21 Å². The lowest BCUT2D eigenvalue weighted by molar-refractivity contribution is 0.682. The topological polar surface area (TPSA) is 54.9 Å². The van der Waals surface area contributed by atoms with E-state index >= 15 is 0 Å². The second-order valence-electron chi connectivity index (χ2n) is 4.91. The molecule has 100 valence electrons. The molecule has 0 aliphatic heterocycles. The van der Waals surface area contributed by atoms with Gasteiger partial charge in [0, 0.05) is 40.3 Å². The Bertz CT molecular complexity index is 477. The number of aromatic nitrogens is 2. The van der Waals surface area contributed by atoms with E-state index in [1.807, 2.05) is 13.8 Å². The minimum atomic E-state index is -0.822. The molecule has 1 aliphatic rings. The van der Waals surface area contributed by atoms with Crippen LogP contribution in [0.4, 0.5) is 5.82 Å². The molecular weight excluding hydrogens is 270 g/mol. The van der Waals surface area contributed by atoms with Crippen LogP contribution in [0, 0.1) is 6.92 Å². The number of hydrogen-bond donors (Lipinski definition) is 1. The Morgan fingerprint density at radius 2 is 2.17 bits per heavy atom. The Morgan fingerprint density at radius 1 is 1.50 bits per heavy atom. The van der Waals surface area contributed by atoms with Crippen molar-refractivity contribution < 1.29 is 4.21 Å². The van der Waals surface area contributed by atoms with Gasteiger partial charge in [-0.1, -0.05) is 11.6 Å². The normalized spacial score (nSPS) is 18.4. The predicted octanol–water partition coefficient (Wildman–Crippen LogP) is 2.49. The standard InChI is InChI=1S/C12H18ClN3OS/c1-7(6-18(3)17)14-11-8(2)10(13)15-12(16-11)9-4-5-9/h7,9H,4-6H2,1-3H3,(H,14,15,16). The SMILES string of the molecule is Cc1c(Cl)nc(C2CC2)nc1NC(C)CS(C)=O. The molecule has 1 saturated carbocycles. The highest BCUT2D eigenvalue weighted by Gasteiger charge is 2.28. The van der Waals surface area contributed by atoms with Crippen molar-refractivity contribution in [1.82, 2.24) is 9.97 Å². The first kappa shape index (κ1) is 13.7. The average Bonchev–Trinajstić information content (AvgIpc) is 3.06. The fourth-order valence-corrected chi connectivity index (χ4v) is 2.76. The highest BCUT2D eigenvalue weighted by Crippen LogP contribution is 2.39. The van der Waals surface area contributed by atoms with Crippen LogP contribution in [0.2, 0.25) is 5.15 Å². The van der Waals surface area contributed by atoms with Crippen LogP contribution in [0.3, 0.4) is 0 Å². The highest BCUT2D eigenvalue weighted by molar-refractivity contribution is 7.84. The van der Waals surface area contributed by atoms with E-state index in [1.165, 1.54) is 0 Å². The van der Waals surface area contributed by atoms with Gasteiger partial charge in [0.1, 0.15) is 16.8 Å². The molecule has 0 amide bonds. The average molecular weight is 288 g/mol. The van der Waals surface area contributed by atoms with E-state index in [0.717, 1.165) is 30.0 Å². The van der Waals surface area contributed by atoms with Gasteiger partial charge in [0.25, 0.3) is 0 Å². The van der Waals surface area contributed by atoms with Crippen molar-refractivity contribution in [2.24, 2.45) is 0 Å². The molecule has 0 spiro atoms. The van der Waals surface area contributed by atoms with Crippen LogP contribution in [0.1, 0.15) is 37.1 Å². The number of rotatable bonds is 5. The summed E-state index contributed by atoms with van der Waals surface area (Å²) in [5.74, 6) is 2.67. The molecule has 1 heterocycles.